The number of allylic oxidation sites excluding steroid dienone is 1. The molecule has 0 saturated heterocycles. The van der Waals surface area contributed by atoms with Crippen LogP contribution in [-0.4, -0.2) is 0 Å². The fraction of sp³-hybridized carbons (Fsp3) is 0.200. The Balaban J connectivity index is 3.31. The number of anilines is 1. The molecule has 0 bridgehead atoms. The Morgan fingerprint density at radius 2 is 2.00 bits per heavy atom. The molecule has 82 valence electrons. The van der Waals surface area contributed by atoms with Gasteiger partial charge in [0.05, 0.1) is 16.3 Å². The zero-order valence-corrected chi connectivity index (χ0v) is 8.49. The van der Waals surface area contributed by atoms with Crippen molar-refractivity contribution >= 4 is 17.3 Å². The topological polar surface area (TPSA) is 26.0 Å². The summed E-state index contributed by atoms with van der Waals surface area (Å²) in [5.74, 6) is 0. The summed E-state index contributed by atoms with van der Waals surface area (Å²) in [6, 6.07) is 2.40. The second-order valence-corrected chi connectivity index (χ2v) is 3.44. The molecule has 1 rings (SSSR count). The highest BCUT2D eigenvalue weighted by Crippen LogP contribution is 2.37. The number of nitrogens with two attached hydrogens (primary N) is 1. The third-order valence-corrected chi connectivity index (χ3v) is 2.19. The van der Waals surface area contributed by atoms with E-state index < -0.39 is 17.4 Å². The van der Waals surface area contributed by atoms with E-state index in [0.717, 1.165) is 6.07 Å². The lowest BCUT2D eigenvalue weighted by Crippen LogP contribution is -2.10. The molecule has 0 aliphatic rings. The smallest absolute Gasteiger partial charge is 0.397 e. The lowest BCUT2D eigenvalue weighted by atomic mass is 10.1. The molecule has 0 aliphatic carbocycles. The van der Waals surface area contributed by atoms with Gasteiger partial charge in [-0.05, 0) is 24.1 Å². The molecular weight excluding hydrogens is 227 g/mol. The Morgan fingerprint density at radius 1 is 1.40 bits per heavy atom. The van der Waals surface area contributed by atoms with Crippen molar-refractivity contribution in [2.45, 2.75) is 12.6 Å². The van der Waals surface area contributed by atoms with Crippen molar-refractivity contribution < 1.29 is 13.2 Å². The van der Waals surface area contributed by atoms with Gasteiger partial charge >= 0.3 is 6.18 Å². The first-order chi connectivity index (χ1) is 6.86. The molecule has 15 heavy (non-hydrogen) atoms. The quantitative estimate of drug-likeness (QED) is 0.614. The van der Waals surface area contributed by atoms with Crippen LogP contribution in [0.25, 0.3) is 0 Å². The first-order valence-corrected chi connectivity index (χ1v) is 4.50. The van der Waals surface area contributed by atoms with Crippen molar-refractivity contribution in [3.8, 4) is 0 Å². The van der Waals surface area contributed by atoms with E-state index >= 15 is 0 Å². The van der Waals surface area contributed by atoms with Crippen LogP contribution in [0.1, 0.15) is 11.1 Å². The summed E-state index contributed by atoms with van der Waals surface area (Å²) in [5, 5.41) is -0.0818. The molecule has 0 aromatic heterocycles. The van der Waals surface area contributed by atoms with Gasteiger partial charge < -0.3 is 5.73 Å². The first kappa shape index (κ1) is 11.9. The van der Waals surface area contributed by atoms with E-state index in [1.807, 2.05) is 0 Å². The summed E-state index contributed by atoms with van der Waals surface area (Å²) in [6.07, 6.45) is -2.66. The van der Waals surface area contributed by atoms with E-state index in [9.17, 15) is 13.2 Å². The first-order valence-electron chi connectivity index (χ1n) is 4.12. The Kier molecular flexibility index (Phi) is 3.29. The van der Waals surface area contributed by atoms with Crippen LogP contribution < -0.4 is 5.73 Å². The van der Waals surface area contributed by atoms with Gasteiger partial charge in [-0.15, -0.1) is 6.58 Å². The minimum absolute atomic E-state index is 0.0818. The van der Waals surface area contributed by atoms with Gasteiger partial charge in [-0.25, -0.2) is 0 Å². The molecule has 0 radical (unpaired) electrons. The van der Waals surface area contributed by atoms with Crippen molar-refractivity contribution in [2.24, 2.45) is 0 Å². The van der Waals surface area contributed by atoms with Gasteiger partial charge in [0.15, 0.2) is 0 Å². The molecule has 0 saturated carbocycles. The van der Waals surface area contributed by atoms with E-state index in [0.29, 0.717) is 12.0 Å². The average Bonchev–Trinajstić information content (AvgIpc) is 2.09. The molecule has 0 aliphatic heterocycles. The molecular formula is C10H9ClF3N. The summed E-state index contributed by atoms with van der Waals surface area (Å²) >= 11 is 5.60. The summed E-state index contributed by atoms with van der Waals surface area (Å²) in [7, 11) is 0. The van der Waals surface area contributed by atoms with Gasteiger partial charge in [0.25, 0.3) is 0 Å². The number of halogens is 4. The van der Waals surface area contributed by atoms with E-state index in [1.54, 1.807) is 0 Å². The van der Waals surface area contributed by atoms with E-state index in [2.05, 4.69) is 6.58 Å². The predicted molar refractivity (Wildman–Crippen MR) is 54.8 cm³/mol. The second kappa shape index (κ2) is 4.14. The lowest BCUT2D eigenvalue weighted by molar-refractivity contribution is -0.136. The SMILES string of the molecule is C=CCc1cc(Cl)c(N)c(C(F)(F)F)c1. The molecule has 2 N–H and O–H groups in total. The summed E-state index contributed by atoms with van der Waals surface area (Å²) < 4.78 is 37.5. The van der Waals surface area contributed by atoms with Crippen molar-refractivity contribution in [3.05, 3.63) is 40.9 Å². The fourth-order valence-electron chi connectivity index (χ4n) is 1.19. The van der Waals surface area contributed by atoms with Gasteiger partial charge in [0.1, 0.15) is 0 Å². The maximum atomic E-state index is 12.5. The molecule has 1 nitrogen and oxygen atoms in total. The molecule has 1 aromatic carbocycles. The van der Waals surface area contributed by atoms with Crippen LogP contribution >= 0.6 is 11.6 Å². The third-order valence-electron chi connectivity index (χ3n) is 1.87. The maximum Gasteiger partial charge on any atom is 0.418 e. The number of rotatable bonds is 2. The molecule has 5 heteroatoms. The van der Waals surface area contributed by atoms with Gasteiger partial charge in [0.2, 0.25) is 0 Å². The standard InChI is InChI=1S/C10H9ClF3N/c1-2-3-6-4-7(10(12,13)14)9(15)8(11)5-6/h2,4-5H,1,3,15H2. The maximum absolute atomic E-state index is 12.5. The monoisotopic (exact) mass is 235 g/mol. The summed E-state index contributed by atoms with van der Waals surface area (Å²) in [4.78, 5) is 0. The van der Waals surface area contributed by atoms with E-state index in [4.69, 9.17) is 17.3 Å². The number of benzene rings is 1. The zero-order chi connectivity index (χ0) is 11.6. The van der Waals surface area contributed by atoms with Crippen LogP contribution in [0.5, 0.6) is 0 Å². The van der Waals surface area contributed by atoms with Crippen LogP contribution in [0, 0.1) is 0 Å². The molecule has 1 aromatic rings. The highest BCUT2D eigenvalue weighted by molar-refractivity contribution is 6.33. The molecule has 0 atom stereocenters. The van der Waals surface area contributed by atoms with Gasteiger partial charge in [-0.1, -0.05) is 17.7 Å². The van der Waals surface area contributed by atoms with Gasteiger partial charge in [-0.3, -0.25) is 0 Å². The number of hydrogen-bond acceptors (Lipinski definition) is 1. The zero-order valence-electron chi connectivity index (χ0n) is 7.74. The largest absolute Gasteiger partial charge is 0.418 e. The van der Waals surface area contributed by atoms with Crippen molar-refractivity contribution in [1.82, 2.24) is 0 Å². The number of nitrogen functional groups attached to an aromatic ring is 1. The highest BCUT2D eigenvalue weighted by Gasteiger charge is 2.34. The molecule has 0 heterocycles. The summed E-state index contributed by atoms with van der Waals surface area (Å²) in [5.41, 5.74) is 4.37. The Hall–Kier alpha value is -1.16. The van der Waals surface area contributed by atoms with Gasteiger partial charge in [-0.2, -0.15) is 13.2 Å². The van der Waals surface area contributed by atoms with Crippen LogP contribution in [0.3, 0.4) is 0 Å². The number of alkyl halides is 3. The predicted octanol–water partition coefficient (Wildman–Crippen LogP) is 3.67. The average molecular weight is 236 g/mol. The second-order valence-electron chi connectivity index (χ2n) is 3.03. The molecule has 0 unspecified atom stereocenters. The van der Waals surface area contributed by atoms with E-state index in [1.165, 1.54) is 12.1 Å². The Labute approximate surface area is 90.3 Å². The number of hydrogen-bond donors (Lipinski definition) is 1. The Bertz CT molecular complexity index is 385. The van der Waals surface area contributed by atoms with Gasteiger partial charge in [0, 0.05) is 0 Å². The fourth-order valence-corrected chi connectivity index (χ4v) is 1.43. The molecule has 0 spiro atoms. The van der Waals surface area contributed by atoms with E-state index in [-0.39, 0.29) is 5.02 Å². The Morgan fingerprint density at radius 3 is 2.47 bits per heavy atom. The van der Waals surface area contributed by atoms with Crippen molar-refractivity contribution in [1.29, 1.82) is 0 Å². The van der Waals surface area contributed by atoms with Crippen LogP contribution in [0.2, 0.25) is 5.02 Å². The summed E-state index contributed by atoms with van der Waals surface area (Å²) in [6.45, 7) is 3.44. The minimum atomic E-state index is -4.48. The van der Waals surface area contributed by atoms with Crippen LogP contribution in [0.15, 0.2) is 24.8 Å². The lowest BCUT2D eigenvalue weighted by Gasteiger charge is -2.12. The molecule has 0 fully saturated rings. The molecule has 0 amide bonds. The normalized spacial score (nSPS) is 11.5. The van der Waals surface area contributed by atoms with Crippen LogP contribution in [-0.2, 0) is 12.6 Å². The third kappa shape index (κ3) is 2.65. The van der Waals surface area contributed by atoms with Crippen molar-refractivity contribution in [2.75, 3.05) is 5.73 Å². The minimum Gasteiger partial charge on any atom is -0.397 e. The van der Waals surface area contributed by atoms with Crippen molar-refractivity contribution in [3.63, 3.8) is 0 Å². The van der Waals surface area contributed by atoms with Crippen LogP contribution in [0.4, 0.5) is 18.9 Å². The highest BCUT2D eigenvalue weighted by atomic mass is 35.5.